The predicted octanol–water partition coefficient (Wildman–Crippen LogP) is 1.39. The summed E-state index contributed by atoms with van der Waals surface area (Å²) in [4.78, 5) is 30.2. The van der Waals surface area contributed by atoms with Gasteiger partial charge in [0.15, 0.2) is 0 Å². The maximum absolute atomic E-state index is 12.4. The minimum Gasteiger partial charge on any atom is -0.378 e. The zero-order chi connectivity index (χ0) is 17.5. The second kappa shape index (κ2) is 8.78. The summed E-state index contributed by atoms with van der Waals surface area (Å²) in [7, 11) is 0. The zero-order valence-electron chi connectivity index (χ0n) is 14.7. The fourth-order valence-electron chi connectivity index (χ4n) is 2.60. The molecule has 1 N–H and O–H groups in total. The Hall–Kier alpha value is -1.95. The van der Waals surface area contributed by atoms with E-state index in [1.807, 2.05) is 37.8 Å². The van der Waals surface area contributed by atoms with E-state index in [0.29, 0.717) is 39.3 Å². The maximum atomic E-state index is 12.4. The third-order valence-electron chi connectivity index (χ3n) is 4.14. The minimum absolute atomic E-state index is 0.0191. The summed E-state index contributed by atoms with van der Waals surface area (Å²) in [6, 6.07) is 3.88. The van der Waals surface area contributed by atoms with Gasteiger partial charge in [-0.2, -0.15) is 0 Å². The highest BCUT2D eigenvalue weighted by Crippen LogP contribution is 2.12. The normalized spacial score (nSPS) is 16.1. The molecule has 132 valence electrons. The van der Waals surface area contributed by atoms with Crippen molar-refractivity contribution in [3.8, 4) is 0 Å². The van der Waals surface area contributed by atoms with Gasteiger partial charge in [0.25, 0.3) is 0 Å². The third kappa shape index (κ3) is 5.30. The van der Waals surface area contributed by atoms with Crippen LogP contribution < -0.4 is 5.32 Å². The Morgan fingerprint density at radius 2 is 1.96 bits per heavy atom. The molecular weight excluding hydrogens is 306 g/mol. The Morgan fingerprint density at radius 3 is 2.54 bits per heavy atom. The van der Waals surface area contributed by atoms with Gasteiger partial charge in [0, 0.05) is 31.1 Å². The fourth-order valence-corrected chi connectivity index (χ4v) is 2.60. The molecule has 1 fully saturated rings. The number of hydrogen-bond donors (Lipinski definition) is 1. The molecule has 1 aliphatic heterocycles. The lowest BCUT2D eigenvalue weighted by Crippen LogP contribution is -2.43. The van der Waals surface area contributed by atoms with Crippen molar-refractivity contribution in [3.05, 3.63) is 29.6 Å². The van der Waals surface area contributed by atoms with Gasteiger partial charge in [-0.05, 0) is 18.1 Å². The second-order valence-corrected chi connectivity index (χ2v) is 6.57. The van der Waals surface area contributed by atoms with Crippen LogP contribution in [0.15, 0.2) is 18.3 Å². The molecule has 2 heterocycles. The summed E-state index contributed by atoms with van der Waals surface area (Å²) in [5, 5.41) is 2.85. The Morgan fingerprint density at radius 1 is 1.25 bits per heavy atom. The molecule has 0 bridgehead atoms. The highest BCUT2D eigenvalue weighted by Gasteiger charge is 2.22. The first-order valence-electron chi connectivity index (χ1n) is 8.55. The Balaban J connectivity index is 1.84. The van der Waals surface area contributed by atoms with E-state index in [1.54, 1.807) is 6.20 Å². The van der Waals surface area contributed by atoms with Crippen molar-refractivity contribution in [3.63, 3.8) is 0 Å². The molecule has 0 aromatic carbocycles. The van der Waals surface area contributed by atoms with Gasteiger partial charge >= 0.3 is 0 Å². The molecule has 1 aliphatic rings. The van der Waals surface area contributed by atoms with E-state index in [4.69, 9.17) is 4.74 Å². The van der Waals surface area contributed by atoms with Gasteiger partial charge in [-0.3, -0.25) is 14.6 Å². The Labute approximate surface area is 143 Å². The molecule has 6 nitrogen and oxygen atoms in total. The van der Waals surface area contributed by atoms with Crippen LogP contribution in [0.5, 0.6) is 0 Å². The van der Waals surface area contributed by atoms with Gasteiger partial charge in [-0.1, -0.05) is 26.8 Å². The van der Waals surface area contributed by atoms with Gasteiger partial charge in [-0.25, -0.2) is 0 Å². The Kier molecular flexibility index (Phi) is 6.73. The lowest BCUT2D eigenvalue weighted by Gasteiger charge is -2.29. The van der Waals surface area contributed by atoms with E-state index in [9.17, 15) is 9.59 Å². The standard InChI is InChI=1S/C18H27N3O3/c1-13(2)17(22)20-12-16-5-4-15(11-19-16)10-14(3)18(23)21-6-8-24-9-7-21/h4-5,11,13-14H,6-10,12H2,1-3H3,(H,20,22). The van der Waals surface area contributed by atoms with Crippen LogP contribution in [0.3, 0.4) is 0 Å². The number of nitrogens with one attached hydrogen (secondary N) is 1. The van der Waals surface area contributed by atoms with Crippen LogP contribution in [0.4, 0.5) is 0 Å². The number of carbonyl (C=O) groups is 2. The lowest BCUT2D eigenvalue weighted by molar-refractivity contribution is -0.139. The molecule has 2 rings (SSSR count). The number of morpholine rings is 1. The van der Waals surface area contributed by atoms with Crippen molar-refractivity contribution >= 4 is 11.8 Å². The molecule has 0 aliphatic carbocycles. The van der Waals surface area contributed by atoms with Crippen LogP contribution in [-0.2, 0) is 27.3 Å². The van der Waals surface area contributed by atoms with Crippen LogP contribution >= 0.6 is 0 Å². The summed E-state index contributed by atoms with van der Waals surface area (Å²) in [5.41, 5.74) is 1.85. The van der Waals surface area contributed by atoms with Crippen LogP contribution in [0.1, 0.15) is 32.0 Å². The van der Waals surface area contributed by atoms with Gasteiger partial charge in [0.2, 0.25) is 11.8 Å². The van der Waals surface area contributed by atoms with Gasteiger partial charge < -0.3 is 15.0 Å². The third-order valence-corrected chi connectivity index (χ3v) is 4.14. The number of rotatable bonds is 6. The van der Waals surface area contributed by atoms with Gasteiger partial charge in [0.05, 0.1) is 25.5 Å². The quantitative estimate of drug-likeness (QED) is 0.854. The number of aromatic nitrogens is 1. The van der Waals surface area contributed by atoms with Crippen molar-refractivity contribution in [2.24, 2.45) is 11.8 Å². The molecule has 1 atom stereocenters. The lowest BCUT2D eigenvalue weighted by atomic mass is 10.0. The first-order valence-corrected chi connectivity index (χ1v) is 8.55. The van der Waals surface area contributed by atoms with Crippen LogP contribution in [0.25, 0.3) is 0 Å². The van der Waals surface area contributed by atoms with Crippen LogP contribution in [-0.4, -0.2) is 48.0 Å². The number of carbonyl (C=O) groups excluding carboxylic acids is 2. The molecule has 6 heteroatoms. The van der Waals surface area contributed by atoms with Crippen LogP contribution in [0, 0.1) is 11.8 Å². The number of hydrogen-bond acceptors (Lipinski definition) is 4. The SMILES string of the molecule is CC(C)C(=O)NCc1ccc(CC(C)C(=O)N2CCOCC2)cn1. The van der Waals surface area contributed by atoms with Gasteiger partial charge in [0.1, 0.15) is 0 Å². The zero-order valence-corrected chi connectivity index (χ0v) is 14.7. The molecule has 2 amide bonds. The molecule has 24 heavy (non-hydrogen) atoms. The second-order valence-electron chi connectivity index (χ2n) is 6.57. The molecule has 1 aromatic rings. The first kappa shape index (κ1) is 18.4. The minimum atomic E-state index is -0.0728. The van der Waals surface area contributed by atoms with Crippen molar-refractivity contribution < 1.29 is 14.3 Å². The molecular formula is C18H27N3O3. The van der Waals surface area contributed by atoms with E-state index < -0.39 is 0 Å². The molecule has 1 saturated heterocycles. The van der Waals surface area contributed by atoms with E-state index in [2.05, 4.69) is 10.3 Å². The summed E-state index contributed by atoms with van der Waals surface area (Å²) < 4.78 is 5.28. The molecule has 0 spiro atoms. The highest BCUT2D eigenvalue weighted by molar-refractivity contribution is 5.79. The molecule has 1 unspecified atom stereocenters. The summed E-state index contributed by atoms with van der Waals surface area (Å²) in [5.74, 6) is 0.0879. The van der Waals surface area contributed by atoms with E-state index in [1.165, 1.54) is 0 Å². The van der Waals surface area contributed by atoms with Crippen molar-refractivity contribution in [2.45, 2.75) is 33.7 Å². The summed E-state index contributed by atoms with van der Waals surface area (Å²) >= 11 is 0. The number of ether oxygens (including phenoxy) is 1. The van der Waals surface area contributed by atoms with Crippen molar-refractivity contribution in [1.82, 2.24) is 15.2 Å². The average molecular weight is 333 g/mol. The highest BCUT2D eigenvalue weighted by atomic mass is 16.5. The largest absolute Gasteiger partial charge is 0.378 e. The first-order chi connectivity index (χ1) is 11.5. The molecule has 0 saturated carbocycles. The average Bonchev–Trinajstić information content (AvgIpc) is 2.60. The molecule has 1 aromatic heterocycles. The molecule has 0 radical (unpaired) electrons. The van der Waals surface area contributed by atoms with E-state index in [-0.39, 0.29) is 23.7 Å². The van der Waals surface area contributed by atoms with Crippen LogP contribution in [0.2, 0.25) is 0 Å². The van der Waals surface area contributed by atoms with Gasteiger partial charge in [-0.15, -0.1) is 0 Å². The fraction of sp³-hybridized carbons (Fsp3) is 0.611. The summed E-state index contributed by atoms with van der Waals surface area (Å²) in [6.07, 6.45) is 2.46. The summed E-state index contributed by atoms with van der Waals surface area (Å²) in [6.45, 7) is 8.70. The monoisotopic (exact) mass is 333 g/mol. The number of nitrogens with zero attached hydrogens (tertiary/aromatic N) is 2. The predicted molar refractivity (Wildman–Crippen MR) is 91.2 cm³/mol. The smallest absolute Gasteiger partial charge is 0.225 e. The number of pyridine rings is 1. The maximum Gasteiger partial charge on any atom is 0.225 e. The topological polar surface area (TPSA) is 71.5 Å². The van der Waals surface area contributed by atoms with E-state index >= 15 is 0 Å². The Bertz CT molecular complexity index is 551. The van der Waals surface area contributed by atoms with E-state index in [0.717, 1.165) is 11.3 Å². The number of amides is 2. The van der Waals surface area contributed by atoms with Crippen molar-refractivity contribution in [1.29, 1.82) is 0 Å². The van der Waals surface area contributed by atoms with Crippen molar-refractivity contribution in [2.75, 3.05) is 26.3 Å².